The number of carbonyl (C=O) groups excluding carboxylic acids is 4. The second-order valence-electron chi connectivity index (χ2n) is 7.76. The molecule has 0 fully saturated rings. The van der Waals surface area contributed by atoms with Crippen LogP contribution in [0, 0.1) is 13.8 Å². The predicted molar refractivity (Wildman–Crippen MR) is 128 cm³/mol. The number of ether oxygens (including phenoxy) is 1. The minimum atomic E-state index is -0.611. The first-order chi connectivity index (χ1) is 16.3. The Morgan fingerprint density at radius 3 is 2.12 bits per heavy atom. The highest BCUT2D eigenvalue weighted by Gasteiger charge is 2.39. The summed E-state index contributed by atoms with van der Waals surface area (Å²) in [6, 6.07) is 17.7. The average Bonchev–Trinajstić information content (AvgIpc) is 3.02. The van der Waals surface area contributed by atoms with Crippen molar-refractivity contribution in [2.45, 2.75) is 13.8 Å². The molecule has 0 aliphatic carbocycles. The van der Waals surface area contributed by atoms with Gasteiger partial charge in [-0.3, -0.25) is 14.4 Å². The fourth-order valence-corrected chi connectivity index (χ4v) is 3.75. The van der Waals surface area contributed by atoms with Crippen molar-refractivity contribution in [1.82, 2.24) is 0 Å². The van der Waals surface area contributed by atoms with Crippen LogP contribution in [-0.4, -0.2) is 24.1 Å². The smallest absolute Gasteiger partial charge is 0.343 e. The lowest BCUT2D eigenvalue weighted by Crippen LogP contribution is -2.32. The molecule has 0 saturated carbocycles. The molecule has 4 rings (SSSR count). The normalized spacial score (nSPS) is 13.3. The SMILES string of the molecule is Cc1cc(C)cc(N2C(=O)C(Cl)=C(Nc3ccc(C(=O)Oc4ccc(C=O)cc4)cc3)C2=O)c1. The molecule has 8 heteroatoms. The first kappa shape index (κ1) is 22.9. The molecular formula is C26H19ClN2O5. The number of anilines is 2. The Labute approximate surface area is 200 Å². The van der Waals surface area contributed by atoms with Crippen molar-refractivity contribution in [2.24, 2.45) is 0 Å². The minimum Gasteiger partial charge on any atom is -0.423 e. The van der Waals surface area contributed by atoms with E-state index in [9.17, 15) is 19.2 Å². The molecule has 0 radical (unpaired) electrons. The Kier molecular flexibility index (Phi) is 6.30. The predicted octanol–water partition coefficient (Wildman–Crippen LogP) is 4.77. The molecule has 0 bridgehead atoms. The van der Waals surface area contributed by atoms with Gasteiger partial charge in [0, 0.05) is 11.3 Å². The Morgan fingerprint density at radius 1 is 0.912 bits per heavy atom. The number of benzene rings is 3. The van der Waals surface area contributed by atoms with E-state index in [1.54, 1.807) is 36.4 Å². The topological polar surface area (TPSA) is 92.8 Å². The maximum atomic E-state index is 13.0. The third kappa shape index (κ3) is 4.60. The molecular weight excluding hydrogens is 456 g/mol. The largest absolute Gasteiger partial charge is 0.423 e. The van der Waals surface area contributed by atoms with Crippen molar-refractivity contribution in [3.05, 3.63) is 99.7 Å². The maximum absolute atomic E-state index is 13.0. The molecule has 0 aromatic heterocycles. The van der Waals surface area contributed by atoms with Gasteiger partial charge in [0.1, 0.15) is 22.8 Å². The molecule has 7 nitrogen and oxygen atoms in total. The molecule has 1 aliphatic rings. The number of hydrogen-bond donors (Lipinski definition) is 1. The summed E-state index contributed by atoms with van der Waals surface area (Å²) < 4.78 is 5.29. The first-order valence-electron chi connectivity index (χ1n) is 10.3. The first-order valence-corrected chi connectivity index (χ1v) is 10.7. The van der Waals surface area contributed by atoms with Gasteiger partial charge in [-0.05, 0) is 85.6 Å². The second-order valence-corrected chi connectivity index (χ2v) is 8.14. The van der Waals surface area contributed by atoms with E-state index in [1.165, 1.54) is 24.3 Å². The Hall–Kier alpha value is -4.23. The van der Waals surface area contributed by atoms with Gasteiger partial charge in [0.15, 0.2) is 0 Å². The fraction of sp³-hybridized carbons (Fsp3) is 0.0769. The zero-order chi connectivity index (χ0) is 24.4. The van der Waals surface area contributed by atoms with E-state index >= 15 is 0 Å². The Morgan fingerprint density at radius 2 is 1.53 bits per heavy atom. The average molecular weight is 475 g/mol. The van der Waals surface area contributed by atoms with Gasteiger partial charge in [-0.15, -0.1) is 0 Å². The van der Waals surface area contributed by atoms with Crippen LogP contribution in [0.15, 0.2) is 77.5 Å². The van der Waals surface area contributed by atoms with Crippen LogP contribution < -0.4 is 15.0 Å². The van der Waals surface area contributed by atoms with Gasteiger partial charge >= 0.3 is 5.97 Å². The molecule has 3 aromatic carbocycles. The molecule has 170 valence electrons. The highest BCUT2D eigenvalue weighted by molar-refractivity contribution is 6.53. The number of aryl methyl sites for hydroxylation is 2. The quantitative estimate of drug-likeness (QED) is 0.239. The third-order valence-corrected chi connectivity index (χ3v) is 5.46. The number of halogens is 1. The van der Waals surface area contributed by atoms with Gasteiger partial charge in [0.25, 0.3) is 11.8 Å². The lowest BCUT2D eigenvalue weighted by atomic mass is 10.1. The van der Waals surface area contributed by atoms with Crippen LogP contribution >= 0.6 is 11.6 Å². The highest BCUT2D eigenvalue weighted by Crippen LogP contribution is 2.31. The maximum Gasteiger partial charge on any atom is 0.343 e. The highest BCUT2D eigenvalue weighted by atomic mass is 35.5. The van der Waals surface area contributed by atoms with Gasteiger partial charge in [-0.2, -0.15) is 0 Å². The fourth-order valence-electron chi connectivity index (χ4n) is 3.54. The number of rotatable bonds is 6. The number of imide groups is 1. The molecule has 1 N–H and O–H groups in total. The van der Waals surface area contributed by atoms with Gasteiger partial charge in [0.2, 0.25) is 0 Å². The van der Waals surface area contributed by atoms with E-state index < -0.39 is 17.8 Å². The van der Waals surface area contributed by atoms with Crippen molar-refractivity contribution >= 4 is 47.0 Å². The lowest BCUT2D eigenvalue weighted by molar-refractivity contribution is -0.120. The number of nitrogens with one attached hydrogen (secondary N) is 1. The van der Waals surface area contributed by atoms with Crippen molar-refractivity contribution < 1.29 is 23.9 Å². The number of amides is 2. The number of aldehydes is 1. The zero-order valence-corrected chi connectivity index (χ0v) is 19.1. The summed E-state index contributed by atoms with van der Waals surface area (Å²) in [5.74, 6) is -1.46. The van der Waals surface area contributed by atoms with Crippen molar-refractivity contribution in [1.29, 1.82) is 0 Å². The molecule has 0 spiro atoms. The number of esters is 1. The van der Waals surface area contributed by atoms with Crippen LogP contribution in [0.25, 0.3) is 0 Å². The van der Waals surface area contributed by atoms with Crippen LogP contribution in [0.5, 0.6) is 5.75 Å². The standard InChI is InChI=1S/C26H19ClN2O5/c1-15-11-16(2)13-20(12-15)29-24(31)22(27)23(25(29)32)28-19-7-5-18(6-8-19)26(33)34-21-9-3-17(14-30)4-10-21/h3-14,28H,1-2H3. The van der Waals surface area contributed by atoms with Crippen molar-refractivity contribution in [3.63, 3.8) is 0 Å². The summed E-state index contributed by atoms with van der Waals surface area (Å²) in [7, 11) is 0. The molecule has 1 heterocycles. The molecule has 0 saturated heterocycles. The van der Waals surface area contributed by atoms with E-state index in [2.05, 4.69) is 5.32 Å². The monoisotopic (exact) mass is 474 g/mol. The van der Waals surface area contributed by atoms with Crippen LogP contribution in [-0.2, 0) is 9.59 Å². The summed E-state index contributed by atoms with van der Waals surface area (Å²) in [4.78, 5) is 49.8. The van der Waals surface area contributed by atoms with Gasteiger partial charge in [0.05, 0.1) is 11.3 Å². The number of nitrogens with zero attached hydrogens (tertiary/aromatic N) is 1. The number of carbonyl (C=O) groups is 4. The van der Waals surface area contributed by atoms with E-state index in [0.29, 0.717) is 29.0 Å². The molecule has 0 atom stereocenters. The molecule has 2 amide bonds. The summed E-state index contributed by atoms with van der Waals surface area (Å²) in [6.07, 6.45) is 0.697. The lowest BCUT2D eigenvalue weighted by Gasteiger charge is -2.16. The molecule has 0 unspecified atom stereocenters. The summed E-state index contributed by atoms with van der Waals surface area (Å²) in [5, 5.41) is 2.66. The van der Waals surface area contributed by atoms with E-state index in [-0.39, 0.29) is 16.3 Å². The van der Waals surface area contributed by atoms with Gasteiger partial charge in [-0.25, -0.2) is 9.69 Å². The van der Waals surface area contributed by atoms with Gasteiger partial charge < -0.3 is 10.1 Å². The van der Waals surface area contributed by atoms with E-state index in [0.717, 1.165) is 16.0 Å². The van der Waals surface area contributed by atoms with Crippen LogP contribution in [0.2, 0.25) is 0 Å². The zero-order valence-electron chi connectivity index (χ0n) is 18.3. The third-order valence-electron chi connectivity index (χ3n) is 5.11. The minimum absolute atomic E-state index is 0.0450. The summed E-state index contributed by atoms with van der Waals surface area (Å²) in [5.41, 5.74) is 3.43. The van der Waals surface area contributed by atoms with E-state index in [1.807, 2.05) is 19.9 Å². The molecule has 1 aliphatic heterocycles. The van der Waals surface area contributed by atoms with Crippen LogP contribution in [0.4, 0.5) is 11.4 Å². The van der Waals surface area contributed by atoms with Crippen LogP contribution in [0.3, 0.4) is 0 Å². The Balaban J connectivity index is 1.48. The van der Waals surface area contributed by atoms with Crippen LogP contribution in [0.1, 0.15) is 31.8 Å². The summed E-state index contributed by atoms with van der Waals surface area (Å²) >= 11 is 6.20. The molecule has 34 heavy (non-hydrogen) atoms. The van der Waals surface area contributed by atoms with Crippen molar-refractivity contribution in [2.75, 3.05) is 10.2 Å². The van der Waals surface area contributed by atoms with E-state index in [4.69, 9.17) is 16.3 Å². The van der Waals surface area contributed by atoms with Gasteiger partial charge in [-0.1, -0.05) is 17.7 Å². The van der Waals surface area contributed by atoms with Crippen molar-refractivity contribution in [3.8, 4) is 5.75 Å². The Bertz CT molecular complexity index is 1320. The molecule has 3 aromatic rings. The second kappa shape index (κ2) is 9.33. The summed E-state index contributed by atoms with van der Waals surface area (Å²) in [6.45, 7) is 3.75. The number of hydrogen-bond acceptors (Lipinski definition) is 6.